The zero-order valence-electron chi connectivity index (χ0n) is 17.3. The summed E-state index contributed by atoms with van der Waals surface area (Å²) in [5.41, 5.74) is -3.80. The molecule has 0 bridgehead atoms. The molecule has 0 aromatic heterocycles. The van der Waals surface area contributed by atoms with E-state index in [0.717, 1.165) is 0 Å². The fraction of sp³-hybridized carbons (Fsp3) is 0.167. The SMILES string of the molecule is O=C1N[C@@H](c2cccc(Oc3ccccc3)c2)[C@@H](C(=O)c2ccc(Cl)cc2)[C@](O)(C(F)(F)F)N1. The van der Waals surface area contributed by atoms with Crippen LogP contribution >= 0.6 is 11.6 Å². The third kappa shape index (κ3) is 4.57. The van der Waals surface area contributed by atoms with E-state index in [2.05, 4.69) is 5.32 Å². The van der Waals surface area contributed by atoms with Crippen molar-refractivity contribution in [3.63, 3.8) is 0 Å². The lowest BCUT2D eigenvalue weighted by Crippen LogP contribution is -2.72. The number of amides is 2. The highest BCUT2D eigenvalue weighted by molar-refractivity contribution is 6.30. The van der Waals surface area contributed by atoms with E-state index in [1.54, 1.807) is 36.4 Å². The maximum absolute atomic E-state index is 14.1. The van der Waals surface area contributed by atoms with E-state index in [4.69, 9.17) is 16.3 Å². The van der Waals surface area contributed by atoms with E-state index in [-0.39, 0.29) is 21.9 Å². The number of ether oxygens (including phenoxy) is 1. The van der Waals surface area contributed by atoms with Gasteiger partial charge in [0.15, 0.2) is 5.78 Å². The number of alkyl halides is 3. The third-order valence-corrected chi connectivity index (χ3v) is 5.67. The number of aliphatic hydroxyl groups is 1. The van der Waals surface area contributed by atoms with Crippen LogP contribution in [-0.4, -0.2) is 28.8 Å². The molecule has 3 atom stereocenters. The van der Waals surface area contributed by atoms with E-state index in [9.17, 15) is 27.9 Å². The van der Waals surface area contributed by atoms with Crippen molar-refractivity contribution < 1.29 is 32.6 Å². The second-order valence-electron chi connectivity index (χ2n) is 7.68. The molecule has 1 fully saturated rings. The van der Waals surface area contributed by atoms with Crippen molar-refractivity contribution in [1.82, 2.24) is 10.6 Å². The lowest BCUT2D eigenvalue weighted by molar-refractivity contribution is -0.287. The molecule has 0 unspecified atom stereocenters. The summed E-state index contributed by atoms with van der Waals surface area (Å²) >= 11 is 5.83. The summed E-state index contributed by atoms with van der Waals surface area (Å²) in [6.07, 6.45) is -5.35. The highest BCUT2D eigenvalue weighted by atomic mass is 35.5. The molecular formula is C24H18ClF3N2O4. The Balaban J connectivity index is 1.78. The summed E-state index contributed by atoms with van der Waals surface area (Å²) in [6, 6.07) is 17.0. The van der Waals surface area contributed by atoms with Gasteiger partial charge in [-0.25, -0.2) is 4.79 Å². The molecule has 4 rings (SSSR count). The van der Waals surface area contributed by atoms with E-state index in [0.29, 0.717) is 5.75 Å². The molecule has 1 heterocycles. The van der Waals surface area contributed by atoms with Crippen LogP contribution in [0.3, 0.4) is 0 Å². The van der Waals surface area contributed by atoms with Crippen LogP contribution in [0.15, 0.2) is 78.9 Å². The third-order valence-electron chi connectivity index (χ3n) is 5.41. The highest BCUT2D eigenvalue weighted by Gasteiger charge is 2.66. The van der Waals surface area contributed by atoms with Crippen LogP contribution < -0.4 is 15.4 Å². The number of benzene rings is 3. The minimum Gasteiger partial charge on any atom is -0.457 e. The number of hydrogen-bond acceptors (Lipinski definition) is 4. The Kier molecular flexibility index (Phi) is 6.24. The molecule has 1 aliphatic rings. The molecule has 3 aromatic carbocycles. The first-order valence-corrected chi connectivity index (χ1v) is 10.5. The van der Waals surface area contributed by atoms with Crippen molar-refractivity contribution in [2.75, 3.05) is 0 Å². The van der Waals surface area contributed by atoms with Crippen LogP contribution in [-0.2, 0) is 0 Å². The monoisotopic (exact) mass is 490 g/mol. The van der Waals surface area contributed by atoms with Gasteiger partial charge in [0.05, 0.1) is 6.04 Å². The zero-order valence-corrected chi connectivity index (χ0v) is 18.1. The van der Waals surface area contributed by atoms with Gasteiger partial charge in [0, 0.05) is 10.6 Å². The number of carbonyl (C=O) groups excluding carboxylic acids is 2. The summed E-state index contributed by atoms with van der Waals surface area (Å²) in [5.74, 6) is -2.44. The molecule has 176 valence electrons. The molecule has 3 aromatic rings. The molecule has 0 radical (unpaired) electrons. The first-order chi connectivity index (χ1) is 16.1. The van der Waals surface area contributed by atoms with Gasteiger partial charge in [-0.2, -0.15) is 13.2 Å². The van der Waals surface area contributed by atoms with Gasteiger partial charge < -0.3 is 20.5 Å². The van der Waals surface area contributed by atoms with Gasteiger partial charge in [-0.05, 0) is 54.1 Å². The normalized spacial score (nSPS) is 22.4. The Morgan fingerprint density at radius 2 is 1.62 bits per heavy atom. The van der Waals surface area contributed by atoms with Crippen LogP contribution in [0, 0.1) is 5.92 Å². The van der Waals surface area contributed by atoms with Crippen molar-refractivity contribution in [2.45, 2.75) is 17.9 Å². The number of Topliss-reactive ketones (excluding diaryl/α,β-unsaturated/α-hetero) is 1. The van der Waals surface area contributed by atoms with Crippen molar-refractivity contribution >= 4 is 23.4 Å². The van der Waals surface area contributed by atoms with Gasteiger partial charge in [-0.1, -0.05) is 41.9 Å². The Hall–Kier alpha value is -3.56. The summed E-state index contributed by atoms with van der Waals surface area (Å²) in [4.78, 5) is 25.5. The van der Waals surface area contributed by atoms with E-state index in [1.165, 1.54) is 47.8 Å². The molecule has 1 aliphatic heterocycles. The van der Waals surface area contributed by atoms with Gasteiger partial charge in [0.1, 0.15) is 17.4 Å². The summed E-state index contributed by atoms with van der Waals surface area (Å²) in [7, 11) is 0. The predicted molar refractivity (Wildman–Crippen MR) is 118 cm³/mol. The molecule has 3 N–H and O–H groups in total. The summed E-state index contributed by atoms with van der Waals surface area (Å²) in [6.45, 7) is 0. The number of para-hydroxylation sites is 1. The number of hydrogen-bond donors (Lipinski definition) is 3. The Bertz CT molecular complexity index is 1200. The molecule has 0 saturated carbocycles. The number of rotatable bonds is 5. The quantitative estimate of drug-likeness (QED) is 0.427. The summed E-state index contributed by atoms with van der Waals surface area (Å²) in [5, 5.41) is 14.8. The van der Waals surface area contributed by atoms with Crippen molar-refractivity contribution in [3.8, 4) is 11.5 Å². The smallest absolute Gasteiger partial charge is 0.437 e. The second-order valence-corrected chi connectivity index (χ2v) is 8.11. The molecule has 0 aliphatic carbocycles. The first kappa shape index (κ1) is 23.6. The Labute approximate surface area is 197 Å². The van der Waals surface area contributed by atoms with Crippen LogP contribution in [0.25, 0.3) is 0 Å². The standard InChI is InChI=1S/C24H18ClF3N2O4/c25-16-11-9-14(10-12-16)21(31)19-20(29-22(32)30-23(19,33)24(26,27)28)15-5-4-8-18(13-15)34-17-6-2-1-3-7-17/h1-13,19-20,33H,(H2,29,30,32)/t19-,20-,23-/m0/s1. The van der Waals surface area contributed by atoms with Crippen LogP contribution in [0.4, 0.5) is 18.0 Å². The Morgan fingerprint density at radius 3 is 2.26 bits per heavy atom. The first-order valence-electron chi connectivity index (χ1n) is 10.1. The average molecular weight is 491 g/mol. The number of nitrogens with one attached hydrogen (secondary N) is 2. The maximum Gasteiger partial charge on any atom is 0.437 e. The fourth-order valence-electron chi connectivity index (χ4n) is 3.81. The van der Waals surface area contributed by atoms with Crippen LogP contribution in [0.5, 0.6) is 11.5 Å². The summed E-state index contributed by atoms with van der Waals surface area (Å²) < 4.78 is 47.9. The predicted octanol–water partition coefficient (Wildman–Crippen LogP) is 5.24. The Morgan fingerprint density at radius 1 is 0.971 bits per heavy atom. The minimum absolute atomic E-state index is 0.114. The molecule has 10 heteroatoms. The van der Waals surface area contributed by atoms with Gasteiger partial charge in [-0.15, -0.1) is 0 Å². The zero-order chi connectivity index (χ0) is 24.5. The lowest BCUT2D eigenvalue weighted by Gasteiger charge is -2.45. The van der Waals surface area contributed by atoms with Gasteiger partial charge >= 0.3 is 12.2 Å². The molecule has 6 nitrogen and oxygen atoms in total. The van der Waals surface area contributed by atoms with Crippen LogP contribution in [0.1, 0.15) is 22.0 Å². The molecule has 1 saturated heterocycles. The van der Waals surface area contributed by atoms with E-state index >= 15 is 0 Å². The molecule has 2 amide bonds. The van der Waals surface area contributed by atoms with E-state index < -0.39 is 35.7 Å². The van der Waals surface area contributed by atoms with Crippen molar-refractivity contribution in [2.24, 2.45) is 5.92 Å². The number of urea groups is 1. The average Bonchev–Trinajstić information content (AvgIpc) is 2.79. The number of carbonyl (C=O) groups is 2. The largest absolute Gasteiger partial charge is 0.457 e. The second kappa shape index (κ2) is 9.00. The number of ketones is 1. The van der Waals surface area contributed by atoms with Gasteiger partial charge in [-0.3, -0.25) is 4.79 Å². The van der Waals surface area contributed by atoms with Crippen LogP contribution in [0.2, 0.25) is 5.02 Å². The van der Waals surface area contributed by atoms with Crippen molar-refractivity contribution in [3.05, 3.63) is 95.0 Å². The fourth-order valence-corrected chi connectivity index (χ4v) is 3.93. The highest BCUT2D eigenvalue weighted by Crippen LogP contribution is 2.44. The topological polar surface area (TPSA) is 87.7 Å². The molecule has 34 heavy (non-hydrogen) atoms. The lowest BCUT2D eigenvalue weighted by atomic mass is 9.77. The van der Waals surface area contributed by atoms with Gasteiger partial charge in [0.25, 0.3) is 0 Å². The minimum atomic E-state index is -5.35. The molecule has 0 spiro atoms. The number of halogens is 4. The van der Waals surface area contributed by atoms with Gasteiger partial charge in [0.2, 0.25) is 5.72 Å². The van der Waals surface area contributed by atoms with E-state index in [1.807, 2.05) is 0 Å². The maximum atomic E-state index is 14.1. The van der Waals surface area contributed by atoms with Crippen molar-refractivity contribution in [1.29, 1.82) is 0 Å². The molecular weight excluding hydrogens is 473 g/mol.